The molecule has 0 aliphatic carbocycles. The first kappa shape index (κ1) is 19.8. The van der Waals surface area contributed by atoms with E-state index in [4.69, 9.17) is 0 Å². The number of carbonyl (C=O) groups excluding carboxylic acids is 2. The Morgan fingerprint density at radius 2 is 1.81 bits per heavy atom. The smallest absolute Gasteiger partial charge is 0.276 e. The van der Waals surface area contributed by atoms with Gasteiger partial charge in [-0.15, -0.1) is 0 Å². The number of anilines is 2. The molecule has 0 saturated heterocycles. The van der Waals surface area contributed by atoms with Crippen molar-refractivity contribution in [3.63, 3.8) is 0 Å². The van der Waals surface area contributed by atoms with E-state index in [1.54, 1.807) is 42.6 Å². The summed E-state index contributed by atoms with van der Waals surface area (Å²) < 4.78 is 0. The highest BCUT2D eigenvalue weighted by molar-refractivity contribution is 6.11. The molecule has 0 atom stereocenters. The van der Waals surface area contributed by atoms with E-state index in [0.717, 1.165) is 0 Å². The molecule has 0 spiro atoms. The molecule has 9 heteroatoms. The molecule has 0 radical (unpaired) electrons. The van der Waals surface area contributed by atoms with E-state index in [9.17, 15) is 9.59 Å². The third-order valence-electron chi connectivity index (χ3n) is 4.19. The first-order valence-corrected chi connectivity index (χ1v) is 9.59. The zero-order valence-electron chi connectivity index (χ0n) is 16.9. The summed E-state index contributed by atoms with van der Waals surface area (Å²) in [6.07, 6.45) is 3.14. The van der Waals surface area contributed by atoms with Gasteiger partial charge < -0.3 is 9.97 Å². The molecule has 4 N–H and O–H groups in total. The maximum absolute atomic E-state index is 12.6. The van der Waals surface area contributed by atoms with Gasteiger partial charge in [0.1, 0.15) is 16.9 Å². The molecular weight excluding hydrogens is 394 g/mol. The van der Waals surface area contributed by atoms with Gasteiger partial charge in [0.25, 0.3) is 11.8 Å². The molecule has 4 aromatic rings. The molecule has 0 saturated carbocycles. The van der Waals surface area contributed by atoms with Crippen LogP contribution in [0.5, 0.6) is 0 Å². The molecule has 0 unspecified atom stereocenters. The summed E-state index contributed by atoms with van der Waals surface area (Å²) in [5.74, 6) is 5.90. The summed E-state index contributed by atoms with van der Waals surface area (Å²) in [5, 5.41) is 5.35. The third kappa shape index (κ3) is 4.59. The van der Waals surface area contributed by atoms with E-state index in [0.29, 0.717) is 28.2 Å². The number of amides is 2. The largest absolute Gasteiger partial charge is 0.331 e. The van der Waals surface area contributed by atoms with Crippen molar-refractivity contribution in [2.45, 2.75) is 13.8 Å². The molecule has 31 heavy (non-hydrogen) atoms. The number of aromatic amines is 2. The molecule has 3 aromatic heterocycles. The number of nitrogens with zero attached hydrogens (tertiary/aromatic N) is 3. The zero-order chi connectivity index (χ0) is 21.8. The van der Waals surface area contributed by atoms with E-state index in [1.165, 1.54) is 6.20 Å². The second-order valence-corrected chi connectivity index (χ2v) is 6.97. The molecule has 4 rings (SSSR count). The number of rotatable bonds is 4. The highest BCUT2D eigenvalue weighted by Crippen LogP contribution is 2.20. The molecule has 1 aromatic carbocycles. The van der Waals surface area contributed by atoms with Crippen LogP contribution >= 0.6 is 0 Å². The van der Waals surface area contributed by atoms with Gasteiger partial charge in [0.05, 0.1) is 11.1 Å². The fourth-order valence-corrected chi connectivity index (χ4v) is 2.80. The van der Waals surface area contributed by atoms with Crippen molar-refractivity contribution in [1.29, 1.82) is 0 Å². The summed E-state index contributed by atoms with van der Waals surface area (Å²) in [7, 11) is 0. The lowest BCUT2D eigenvalue weighted by Gasteiger charge is -2.02. The van der Waals surface area contributed by atoms with E-state index in [2.05, 4.69) is 47.4 Å². The third-order valence-corrected chi connectivity index (χ3v) is 4.19. The lowest BCUT2D eigenvalue weighted by molar-refractivity contribution is 0.101. The predicted octanol–water partition coefficient (Wildman–Crippen LogP) is 3.19. The maximum Gasteiger partial charge on any atom is 0.276 e. The SMILES string of the molecule is CC(C)C#Cc1cccc(C(=O)Nc2nc3c(C(=O)Nc4ncc[nH]4)cccc3[nH]2)n1. The van der Waals surface area contributed by atoms with Crippen molar-refractivity contribution in [1.82, 2.24) is 24.9 Å². The van der Waals surface area contributed by atoms with Crippen LogP contribution in [0, 0.1) is 17.8 Å². The van der Waals surface area contributed by atoms with Crippen molar-refractivity contribution in [2.75, 3.05) is 10.6 Å². The number of pyridine rings is 1. The summed E-state index contributed by atoms with van der Waals surface area (Å²) in [4.78, 5) is 43.7. The number of hydrogen-bond acceptors (Lipinski definition) is 5. The molecule has 9 nitrogen and oxygen atoms in total. The number of H-pyrrole nitrogens is 2. The molecule has 0 bridgehead atoms. The number of carbonyl (C=O) groups is 2. The number of fused-ring (bicyclic) bond motifs is 1. The summed E-state index contributed by atoms with van der Waals surface area (Å²) in [6.45, 7) is 3.96. The number of aromatic nitrogens is 5. The van der Waals surface area contributed by atoms with Gasteiger partial charge in [-0.05, 0) is 30.2 Å². The summed E-state index contributed by atoms with van der Waals surface area (Å²) in [5.41, 5.74) is 2.10. The van der Waals surface area contributed by atoms with Crippen LogP contribution in [0.25, 0.3) is 11.0 Å². The summed E-state index contributed by atoms with van der Waals surface area (Å²) >= 11 is 0. The highest BCUT2D eigenvalue weighted by Gasteiger charge is 2.16. The number of hydrogen-bond donors (Lipinski definition) is 4. The Hall–Kier alpha value is -4.45. The molecular formula is C22H19N7O2. The minimum Gasteiger partial charge on any atom is -0.331 e. The Balaban J connectivity index is 1.56. The second-order valence-electron chi connectivity index (χ2n) is 6.97. The van der Waals surface area contributed by atoms with E-state index >= 15 is 0 Å². The van der Waals surface area contributed by atoms with Crippen molar-refractivity contribution < 1.29 is 9.59 Å². The number of imidazole rings is 2. The Bertz CT molecular complexity index is 1310. The van der Waals surface area contributed by atoms with Crippen LogP contribution in [0.1, 0.15) is 40.4 Å². The van der Waals surface area contributed by atoms with Crippen LogP contribution in [0.15, 0.2) is 48.8 Å². The average molecular weight is 413 g/mol. The van der Waals surface area contributed by atoms with Gasteiger partial charge in [0, 0.05) is 18.3 Å². The van der Waals surface area contributed by atoms with Gasteiger partial charge in [-0.25, -0.2) is 15.0 Å². The lowest BCUT2D eigenvalue weighted by Crippen LogP contribution is -2.15. The molecule has 154 valence electrons. The van der Waals surface area contributed by atoms with Gasteiger partial charge in [0.2, 0.25) is 11.9 Å². The first-order chi connectivity index (χ1) is 15.0. The maximum atomic E-state index is 12.6. The Kier molecular flexibility index (Phi) is 5.45. The molecule has 3 heterocycles. The van der Waals surface area contributed by atoms with Gasteiger partial charge in [0.15, 0.2) is 0 Å². The fraction of sp³-hybridized carbons (Fsp3) is 0.136. The highest BCUT2D eigenvalue weighted by atomic mass is 16.2. The van der Waals surface area contributed by atoms with Crippen molar-refractivity contribution in [2.24, 2.45) is 5.92 Å². The molecule has 0 fully saturated rings. The number of benzene rings is 1. The zero-order valence-corrected chi connectivity index (χ0v) is 16.9. The van der Waals surface area contributed by atoms with E-state index in [1.807, 2.05) is 13.8 Å². The van der Waals surface area contributed by atoms with Crippen LogP contribution in [0.2, 0.25) is 0 Å². The molecule has 0 aliphatic heterocycles. The average Bonchev–Trinajstić information content (AvgIpc) is 3.41. The lowest BCUT2D eigenvalue weighted by atomic mass is 10.2. The quantitative estimate of drug-likeness (QED) is 0.382. The minimum atomic E-state index is -0.436. The van der Waals surface area contributed by atoms with E-state index in [-0.39, 0.29) is 23.5 Å². The van der Waals surface area contributed by atoms with Gasteiger partial charge in [-0.2, -0.15) is 0 Å². The Morgan fingerprint density at radius 1 is 1.00 bits per heavy atom. The fourth-order valence-electron chi connectivity index (χ4n) is 2.80. The number of para-hydroxylation sites is 1. The first-order valence-electron chi connectivity index (χ1n) is 9.59. The molecule has 0 aliphatic rings. The van der Waals surface area contributed by atoms with Gasteiger partial charge in [-0.1, -0.05) is 31.9 Å². The van der Waals surface area contributed by atoms with Crippen LogP contribution < -0.4 is 10.6 Å². The topological polar surface area (TPSA) is 128 Å². The molecule has 2 amide bonds. The van der Waals surface area contributed by atoms with Gasteiger partial charge >= 0.3 is 0 Å². The Morgan fingerprint density at radius 3 is 2.58 bits per heavy atom. The standard InChI is InChI=1S/C22H19N7O2/c1-13(2)9-10-14-5-3-8-17(25-14)20(31)29-22-26-16-7-4-6-15(18(16)27-22)19(30)28-21-23-11-12-24-21/h3-8,11-13H,1-2H3,(H2,23,24,28,30)(H2,26,27,29,31). The predicted molar refractivity (Wildman–Crippen MR) is 117 cm³/mol. The van der Waals surface area contributed by atoms with Crippen LogP contribution in [0.3, 0.4) is 0 Å². The van der Waals surface area contributed by atoms with Crippen LogP contribution in [0.4, 0.5) is 11.9 Å². The van der Waals surface area contributed by atoms with Crippen molar-refractivity contribution in [3.8, 4) is 11.8 Å². The summed E-state index contributed by atoms with van der Waals surface area (Å²) in [6, 6.07) is 10.2. The van der Waals surface area contributed by atoms with Crippen LogP contribution in [-0.4, -0.2) is 36.7 Å². The van der Waals surface area contributed by atoms with E-state index < -0.39 is 5.91 Å². The van der Waals surface area contributed by atoms with Crippen molar-refractivity contribution in [3.05, 3.63) is 65.7 Å². The van der Waals surface area contributed by atoms with Gasteiger partial charge in [-0.3, -0.25) is 20.2 Å². The minimum absolute atomic E-state index is 0.203. The second kappa shape index (κ2) is 8.51. The normalized spacial score (nSPS) is 10.5. The number of nitrogens with one attached hydrogen (secondary N) is 4. The van der Waals surface area contributed by atoms with Crippen LogP contribution in [-0.2, 0) is 0 Å². The monoisotopic (exact) mass is 413 g/mol. The Labute approximate surface area is 177 Å². The van der Waals surface area contributed by atoms with Crippen molar-refractivity contribution >= 4 is 34.7 Å².